The van der Waals surface area contributed by atoms with Crippen LogP contribution >= 0.6 is 15.9 Å². The van der Waals surface area contributed by atoms with Gasteiger partial charge in [-0.05, 0) is 40.9 Å². The topological polar surface area (TPSA) is 50.9 Å². The Morgan fingerprint density at radius 2 is 2.16 bits per heavy atom. The zero-order valence-electron chi connectivity index (χ0n) is 11.4. The van der Waals surface area contributed by atoms with Gasteiger partial charge in [0, 0.05) is 25.4 Å². The lowest BCUT2D eigenvalue weighted by Crippen LogP contribution is -2.07. The predicted molar refractivity (Wildman–Crippen MR) is 77.9 cm³/mol. The van der Waals surface area contributed by atoms with Crippen molar-refractivity contribution in [3.63, 3.8) is 0 Å². The third-order valence-electron chi connectivity index (χ3n) is 3.21. The minimum atomic E-state index is -0.565. The van der Waals surface area contributed by atoms with Gasteiger partial charge in [-0.25, -0.2) is 0 Å². The summed E-state index contributed by atoms with van der Waals surface area (Å²) in [4.78, 5) is 4.21. The van der Waals surface area contributed by atoms with Crippen molar-refractivity contribution in [2.24, 2.45) is 7.05 Å². The zero-order valence-corrected chi connectivity index (χ0v) is 13.0. The van der Waals surface area contributed by atoms with E-state index in [9.17, 15) is 5.11 Å². The Balaban J connectivity index is 2.21. The Morgan fingerprint density at radius 1 is 1.42 bits per heavy atom. The molecular formula is C14H18BrN3O. The normalized spacial score (nSPS) is 12.7. The molecule has 0 saturated carbocycles. The molecule has 0 amide bonds. The van der Waals surface area contributed by atoms with Crippen LogP contribution in [0.1, 0.15) is 35.7 Å². The lowest BCUT2D eigenvalue weighted by atomic mass is 10.1. The van der Waals surface area contributed by atoms with Crippen LogP contribution in [-0.4, -0.2) is 19.9 Å². The molecule has 1 atom stereocenters. The Labute approximate surface area is 121 Å². The molecule has 0 aromatic carbocycles. The number of pyridine rings is 1. The van der Waals surface area contributed by atoms with Crippen LogP contribution in [0, 0.1) is 6.92 Å². The van der Waals surface area contributed by atoms with Crippen LogP contribution in [0.4, 0.5) is 0 Å². The first kappa shape index (κ1) is 14.2. The van der Waals surface area contributed by atoms with Crippen molar-refractivity contribution in [1.29, 1.82) is 0 Å². The highest BCUT2D eigenvalue weighted by Gasteiger charge is 2.17. The molecular weight excluding hydrogens is 306 g/mol. The van der Waals surface area contributed by atoms with Gasteiger partial charge in [0.05, 0.1) is 22.0 Å². The smallest absolute Gasteiger partial charge is 0.0860 e. The molecule has 0 aliphatic rings. The monoisotopic (exact) mass is 323 g/mol. The lowest BCUT2D eigenvalue weighted by molar-refractivity contribution is 0.175. The van der Waals surface area contributed by atoms with Gasteiger partial charge in [0.2, 0.25) is 0 Å². The molecule has 2 aromatic heterocycles. The van der Waals surface area contributed by atoms with Crippen LogP contribution in [0.25, 0.3) is 0 Å². The minimum Gasteiger partial charge on any atom is -0.388 e. The number of aliphatic hydroxyl groups is 1. The van der Waals surface area contributed by atoms with E-state index < -0.39 is 6.10 Å². The minimum absolute atomic E-state index is 0.523. The highest BCUT2D eigenvalue weighted by atomic mass is 79.9. The summed E-state index contributed by atoms with van der Waals surface area (Å²) in [5, 5.41) is 14.7. The second kappa shape index (κ2) is 5.84. The lowest BCUT2D eigenvalue weighted by Gasteiger charge is -2.11. The van der Waals surface area contributed by atoms with E-state index in [0.29, 0.717) is 6.42 Å². The van der Waals surface area contributed by atoms with Gasteiger partial charge in [0.1, 0.15) is 0 Å². The summed E-state index contributed by atoms with van der Waals surface area (Å²) >= 11 is 3.56. The SMILES string of the molecule is CCc1nn(C)c(CC(O)c2ccc(C)nc2)c1Br. The molecule has 102 valence electrons. The van der Waals surface area contributed by atoms with Crippen molar-refractivity contribution in [1.82, 2.24) is 14.8 Å². The van der Waals surface area contributed by atoms with Gasteiger partial charge in [0.15, 0.2) is 0 Å². The summed E-state index contributed by atoms with van der Waals surface area (Å²) in [5.41, 5.74) is 3.80. The van der Waals surface area contributed by atoms with E-state index in [2.05, 4.69) is 32.9 Å². The maximum absolute atomic E-state index is 10.3. The van der Waals surface area contributed by atoms with Crippen LogP contribution in [0.15, 0.2) is 22.8 Å². The second-order valence-corrected chi connectivity index (χ2v) is 5.43. The molecule has 2 aromatic rings. The number of rotatable bonds is 4. The molecule has 0 fully saturated rings. The quantitative estimate of drug-likeness (QED) is 0.941. The summed E-state index contributed by atoms with van der Waals surface area (Å²) in [6.45, 7) is 4.00. The van der Waals surface area contributed by atoms with E-state index in [0.717, 1.165) is 33.5 Å². The van der Waals surface area contributed by atoms with Crippen molar-refractivity contribution in [2.45, 2.75) is 32.8 Å². The predicted octanol–water partition coefficient (Wildman–Crippen LogP) is 2.72. The molecule has 1 N–H and O–H groups in total. The van der Waals surface area contributed by atoms with E-state index in [-0.39, 0.29) is 0 Å². The molecule has 0 aliphatic carbocycles. The number of aromatic nitrogens is 3. The molecule has 1 unspecified atom stereocenters. The van der Waals surface area contributed by atoms with Crippen LogP contribution in [0.3, 0.4) is 0 Å². The number of halogens is 1. The third kappa shape index (κ3) is 3.04. The number of aliphatic hydroxyl groups excluding tert-OH is 1. The van der Waals surface area contributed by atoms with Crippen molar-refractivity contribution in [3.05, 3.63) is 45.4 Å². The van der Waals surface area contributed by atoms with Crippen LogP contribution in [0.2, 0.25) is 0 Å². The van der Waals surface area contributed by atoms with Gasteiger partial charge >= 0.3 is 0 Å². The third-order valence-corrected chi connectivity index (χ3v) is 4.12. The fourth-order valence-corrected chi connectivity index (χ4v) is 2.80. The highest BCUT2D eigenvalue weighted by molar-refractivity contribution is 9.10. The number of nitrogens with zero attached hydrogens (tertiary/aromatic N) is 3. The number of hydrogen-bond donors (Lipinski definition) is 1. The number of aryl methyl sites for hydroxylation is 3. The molecule has 19 heavy (non-hydrogen) atoms. The molecule has 0 aliphatic heterocycles. The van der Waals surface area contributed by atoms with Gasteiger partial charge in [-0.15, -0.1) is 0 Å². The standard InChI is InChI=1S/C14H18BrN3O/c1-4-11-14(15)12(18(3)17-11)7-13(19)10-6-5-9(2)16-8-10/h5-6,8,13,19H,4,7H2,1-3H3. The summed E-state index contributed by atoms with van der Waals surface area (Å²) in [7, 11) is 1.90. The van der Waals surface area contributed by atoms with Gasteiger partial charge in [-0.3, -0.25) is 9.67 Å². The van der Waals surface area contributed by atoms with E-state index in [1.807, 2.05) is 30.8 Å². The first-order chi connectivity index (χ1) is 9.02. The Morgan fingerprint density at radius 3 is 2.68 bits per heavy atom. The van der Waals surface area contributed by atoms with Crippen LogP contribution < -0.4 is 0 Å². The Hall–Kier alpha value is -1.20. The average molecular weight is 324 g/mol. The zero-order chi connectivity index (χ0) is 14.0. The molecule has 2 rings (SSSR count). The van der Waals surface area contributed by atoms with Crippen molar-refractivity contribution in [3.8, 4) is 0 Å². The maximum Gasteiger partial charge on any atom is 0.0860 e. The number of hydrogen-bond acceptors (Lipinski definition) is 3. The van der Waals surface area contributed by atoms with Gasteiger partial charge < -0.3 is 5.11 Å². The first-order valence-electron chi connectivity index (χ1n) is 6.33. The van der Waals surface area contributed by atoms with E-state index in [4.69, 9.17) is 0 Å². The summed E-state index contributed by atoms with van der Waals surface area (Å²) in [6, 6.07) is 3.83. The maximum atomic E-state index is 10.3. The molecule has 0 radical (unpaired) electrons. The molecule has 0 bridgehead atoms. The van der Waals surface area contributed by atoms with E-state index in [1.165, 1.54) is 0 Å². The summed E-state index contributed by atoms with van der Waals surface area (Å²) < 4.78 is 2.82. The summed E-state index contributed by atoms with van der Waals surface area (Å²) in [5.74, 6) is 0. The Kier molecular flexibility index (Phi) is 4.37. The molecule has 5 heteroatoms. The Bertz CT molecular complexity index is 563. The molecule has 0 spiro atoms. The second-order valence-electron chi connectivity index (χ2n) is 4.64. The fourth-order valence-electron chi connectivity index (χ4n) is 2.02. The van der Waals surface area contributed by atoms with E-state index >= 15 is 0 Å². The van der Waals surface area contributed by atoms with Gasteiger partial charge in [-0.2, -0.15) is 5.10 Å². The summed E-state index contributed by atoms with van der Waals surface area (Å²) in [6.07, 6.45) is 2.56. The van der Waals surface area contributed by atoms with Gasteiger partial charge in [-0.1, -0.05) is 13.0 Å². The first-order valence-corrected chi connectivity index (χ1v) is 7.13. The van der Waals surface area contributed by atoms with Crippen molar-refractivity contribution in [2.75, 3.05) is 0 Å². The molecule has 0 saturated heterocycles. The van der Waals surface area contributed by atoms with Crippen LogP contribution in [0.5, 0.6) is 0 Å². The fraction of sp³-hybridized carbons (Fsp3) is 0.429. The largest absolute Gasteiger partial charge is 0.388 e. The van der Waals surface area contributed by atoms with Gasteiger partial charge in [0.25, 0.3) is 0 Å². The average Bonchev–Trinajstić information content (AvgIpc) is 2.67. The molecule has 4 nitrogen and oxygen atoms in total. The van der Waals surface area contributed by atoms with Crippen molar-refractivity contribution < 1.29 is 5.11 Å². The highest BCUT2D eigenvalue weighted by Crippen LogP contribution is 2.26. The van der Waals surface area contributed by atoms with Crippen molar-refractivity contribution >= 4 is 15.9 Å². The van der Waals surface area contributed by atoms with Crippen LogP contribution in [-0.2, 0) is 19.9 Å². The molecule has 2 heterocycles. The van der Waals surface area contributed by atoms with E-state index in [1.54, 1.807) is 6.20 Å².